The van der Waals surface area contributed by atoms with Gasteiger partial charge in [0, 0.05) is 44.0 Å². The molecular formula is C17H20ClN5O2. The Morgan fingerprint density at radius 2 is 1.92 bits per heavy atom. The predicted octanol–water partition coefficient (Wildman–Crippen LogP) is 1.60. The van der Waals surface area contributed by atoms with Crippen LogP contribution in [0.1, 0.15) is 6.42 Å². The Bertz CT molecular complexity index is 736. The van der Waals surface area contributed by atoms with E-state index in [0.717, 1.165) is 62.2 Å². The number of β-amino-alcohol motifs (C(OH)–C–C–N with tert-alkyl or cyclic N) is 1. The highest BCUT2D eigenvalue weighted by atomic mass is 35.5. The van der Waals surface area contributed by atoms with Gasteiger partial charge >= 0.3 is 0 Å². The summed E-state index contributed by atoms with van der Waals surface area (Å²) in [6, 6.07) is 5.89. The molecule has 4 heterocycles. The molecule has 2 aromatic rings. The average Bonchev–Trinajstić information content (AvgIpc) is 3.09. The summed E-state index contributed by atoms with van der Waals surface area (Å²) in [6.45, 7) is 4.51. The molecule has 1 atom stereocenters. The number of morpholine rings is 1. The maximum atomic E-state index is 9.73. The van der Waals surface area contributed by atoms with E-state index in [-0.39, 0.29) is 11.4 Å². The molecule has 4 rings (SSSR count). The molecule has 0 aromatic carbocycles. The van der Waals surface area contributed by atoms with Crippen LogP contribution in [0.25, 0.3) is 11.3 Å². The van der Waals surface area contributed by atoms with E-state index >= 15 is 0 Å². The lowest BCUT2D eigenvalue weighted by molar-refractivity contribution is 0.122. The molecule has 1 unspecified atom stereocenters. The molecule has 2 aliphatic rings. The van der Waals surface area contributed by atoms with Gasteiger partial charge in [0.2, 0.25) is 5.28 Å². The van der Waals surface area contributed by atoms with Crippen LogP contribution in [-0.2, 0) is 4.74 Å². The van der Waals surface area contributed by atoms with Crippen LogP contribution < -0.4 is 9.80 Å². The first-order valence-electron chi connectivity index (χ1n) is 8.46. The van der Waals surface area contributed by atoms with Crippen molar-refractivity contribution in [3.63, 3.8) is 0 Å². The van der Waals surface area contributed by atoms with E-state index in [1.807, 2.05) is 29.3 Å². The molecule has 0 aliphatic carbocycles. The van der Waals surface area contributed by atoms with E-state index in [0.29, 0.717) is 6.54 Å². The van der Waals surface area contributed by atoms with E-state index in [1.165, 1.54) is 0 Å². The fraction of sp³-hybridized carbons (Fsp3) is 0.471. The van der Waals surface area contributed by atoms with E-state index in [2.05, 4.69) is 19.9 Å². The molecule has 0 radical (unpaired) electrons. The van der Waals surface area contributed by atoms with Crippen molar-refractivity contribution in [2.45, 2.75) is 12.5 Å². The number of ether oxygens (including phenoxy) is 1. The smallest absolute Gasteiger partial charge is 0.224 e. The number of hydrogen-bond donors (Lipinski definition) is 1. The molecule has 2 saturated heterocycles. The molecule has 0 spiro atoms. The van der Waals surface area contributed by atoms with Crippen molar-refractivity contribution in [2.75, 3.05) is 49.2 Å². The molecule has 8 heteroatoms. The van der Waals surface area contributed by atoms with Crippen molar-refractivity contribution in [3.05, 3.63) is 29.7 Å². The van der Waals surface area contributed by atoms with Gasteiger partial charge in [-0.2, -0.15) is 0 Å². The number of anilines is 2. The summed E-state index contributed by atoms with van der Waals surface area (Å²) in [6.07, 6.45) is 2.24. The van der Waals surface area contributed by atoms with Crippen molar-refractivity contribution in [1.29, 1.82) is 0 Å². The van der Waals surface area contributed by atoms with Gasteiger partial charge in [0.15, 0.2) is 0 Å². The quantitative estimate of drug-likeness (QED) is 0.832. The van der Waals surface area contributed by atoms with Crippen LogP contribution >= 0.6 is 11.6 Å². The maximum Gasteiger partial charge on any atom is 0.224 e. The topological polar surface area (TPSA) is 74.6 Å². The number of pyridine rings is 1. The first kappa shape index (κ1) is 16.5. The zero-order valence-electron chi connectivity index (χ0n) is 13.8. The summed E-state index contributed by atoms with van der Waals surface area (Å²) in [4.78, 5) is 17.4. The lowest BCUT2D eigenvalue weighted by Crippen LogP contribution is -2.36. The monoisotopic (exact) mass is 361 g/mol. The van der Waals surface area contributed by atoms with E-state index < -0.39 is 0 Å². The van der Waals surface area contributed by atoms with Crippen molar-refractivity contribution in [3.8, 4) is 11.3 Å². The third-order valence-electron chi connectivity index (χ3n) is 4.55. The number of aromatic nitrogens is 3. The molecule has 0 bridgehead atoms. The Morgan fingerprint density at radius 1 is 1.08 bits per heavy atom. The molecule has 0 amide bonds. The number of aliphatic hydroxyl groups is 1. The number of halogens is 1. The predicted molar refractivity (Wildman–Crippen MR) is 96.1 cm³/mol. The minimum absolute atomic E-state index is 0.200. The third kappa shape index (κ3) is 3.68. The molecule has 7 nitrogen and oxygen atoms in total. The van der Waals surface area contributed by atoms with Gasteiger partial charge in [-0.05, 0) is 30.2 Å². The fourth-order valence-corrected chi connectivity index (χ4v) is 3.36. The van der Waals surface area contributed by atoms with Gasteiger partial charge < -0.3 is 19.6 Å². The number of rotatable bonds is 3. The van der Waals surface area contributed by atoms with E-state index in [9.17, 15) is 5.11 Å². The van der Waals surface area contributed by atoms with Gasteiger partial charge in [0.1, 0.15) is 11.6 Å². The highest BCUT2D eigenvalue weighted by molar-refractivity contribution is 6.28. The van der Waals surface area contributed by atoms with Crippen LogP contribution in [0.4, 0.5) is 11.6 Å². The molecule has 2 aliphatic heterocycles. The highest BCUT2D eigenvalue weighted by Crippen LogP contribution is 2.26. The maximum absolute atomic E-state index is 9.73. The fourth-order valence-electron chi connectivity index (χ4n) is 3.18. The zero-order chi connectivity index (χ0) is 17.2. The van der Waals surface area contributed by atoms with E-state index in [1.54, 1.807) is 0 Å². The van der Waals surface area contributed by atoms with Gasteiger partial charge in [-0.3, -0.25) is 0 Å². The Morgan fingerprint density at radius 3 is 2.60 bits per heavy atom. The van der Waals surface area contributed by atoms with Crippen LogP contribution in [0.5, 0.6) is 0 Å². The summed E-state index contributed by atoms with van der Waals surface area (Å²) < 4.78 is 5.37. The number of hydrogen-bond acceptors (Lipinski definition) is 7. The van der Waals surface area contributed by atoms with Crippen LogP contribution in [0.2, 0.25) is 5.28 Å². The van der Waals surface area contributed by atoms with Gasteiger partial charge in [0.25, 0.3) is 0 Å². The first-order chi connectivity index (χ1) is 12.2. The molecule has 2 aromatic heterocycles. The zero-order valence-corrected chi connectivity index (χ0v) is 14.6. The number of nitrogens with zero attached hydrogens (tertiary/aromatic N) is 5. The Balaban J connectivity index is 1.57. The summed E-state index contributed by atoms with van der Waals surface area (Å²) >= 11 is 6.11. The van der Waals surface area contributed by atoms with Crippen LogP contribution in [-0.4, -0.2) is 65.6 Å². The van der Waals surface area contributed by atoms with Crippen molar-refractivity contribution in [2.24, 2.45) is 0 Å². The molecule has 25 heavy (non-hydrogen) atoms. The van der Waals surface area contributed by atoms with Crippen molar-refractivity contribution in [1.82, 2.24) is 15.0 Å². The average molecular weight is 362 g/mol. The normalized spacial score (nSPS) is 21.0. The van der Waals surface area contributed by atoms with Gasteiger partial charge in [0.05, 0.1) is 25.0 Å². The molecule has 132 valence electrons. The third-order valence-corrected chi connectivity index (χ3v) is 4.72. The Hall–Kier alpha value is -1.96. The highest BCUT2D eigenvalue weighted by Gasteiger charge is 2.22. The van der Waals surface area contributed by atoms with Gasteiger partial charge in [-0.1, -0.05) is 0 Å². The summed E-state index contributed by atoms with van der Waals surface area (Å²) in [5, 5.41) is 9.93. The van der Waals surface area contributed by atoms with E-state index in [4.69, 9.17) is 16.3 Å². The molecular weight excluding hydrogens is 342 g/mol. The molecule has 1 N–H and O–H groups in total. The van der Waals surface area contributed by atoms with Crippen LogP contribution in [0.3, 0.4) is 0 Å². The Kier molecular flexibility index (Phi) is 4.70. The van der Waals surface area contributed by atoms with Crippen molar-refractivity contribution < 1.29 is 9.84 Å². The first-order valence-corrected chi connectivity index (χ1v) is 8.83. The van der Waals surface area contributed by atoms with Gasteiger partial charge in [-0.25, -0.2) is 15.0 Å². The van der Waals surface area contributed by atoms with Gasteiger partial charge in [-0.15, -0.1) is 0 Å². The summed E-state index contributed by atoms with van der Waals surface area (Å²) in [5.41, 5.74) is 1.62. The largest absolute Gasteiger partial charge is 0.391 e. The standard InChI is InChI=1S/C17H20ClN5O2/c18-17-20-14(9-16(21-17)23-4-3-13(24)11-23)12-1-2-15(19-10-12)22-5-7-25-8-6-22/h1-2,9-10,13,24H,3-8,11H2. The molecule has 2 fully saturated rings. The summed E-state index contributed by atoms with van der Waals surface area (Å²) in [7, 11) is 0. The lowest BCUT2D eigenvalue weighted by Gasteiger charge is -2.27. The van der Waals surface area contributed by atoms with Crippen molar-refractivity contribution >= 4 is 23.2 Å². The minimum Gasteiger partial charge on any atom is -0.391 e. The van der Waals surface area contributed by atoms with Crippen LogP contribution in [0, 0.1) is 0 Å². The lowest BCUT2D eigenvalue weighted by atomic mass is 10.2. The molecule has 0 saturated carbocycles. The minimum atomic E-state index is -0.313. The second kappa shape index (κ2) is 7.11. The second-order valence-electron chi connectivity index (χ2n) is 6.27. The SMILES string of the molecule is OC1CCN(c2cc(-c3ccc(N4CCOCC4)nc3)nc(Cl)n2)C1. The Labute approximate surface area is 151 Å². The van der Waals surface area contributed by atoms with Crippen LogP contribution in [0.15, 0.2) is 24.4 Å². The summed E-state index contributed by atoms with van der Waals surface area (Å²) in [5.74, 6) is 1.68. The number of aliphatic hydroxyl groups excluding tert-OH is 1. The second-order valence-corrected chi connectivity index (χ2v) is 6.61.